The van der Waals surface area contributed by atoms with Crippen LogP contribution in [-0.4, -0.2) is 28.0 Å². The second kappa shape index (κ2) is 9.87. The topological polar surface area (TPSA) is 75.7 Å². The van der Waals surface area contributed by atoms with Crippen LogP contribution >= 0.6 is 0 Å². The minimum atomic E-state index is -4.01. The highest BCUT2D eigenvalue weighted by atomic mass is 32.2. The number of carbonyl (C=O) groups is 1. The lowest BCUT2D eigenvalue weighted by Gasteiger charge is -2.26. The number of sulfonamides is 1. The van der Waals surface area contributed by atoms with E-state index in [0.29, 0.717) is 11.4 Å². The molecule has 1 unspecified atom stereocenters. The van der Waals surface area contributed by atoms with Crippen LogP contribution in [0.5, 0.6) is 5.75 Å². The number of carbonyl (C=O) groups excluding carboxylic acids is 1. The molecule has 0 aliphatic rings. The Kier molecular flexibility index (Phi) is 7.20. The van der Waals surface area contributed by atoms with Crippen molar-refractivity contribution < 1.29 is 17.9 Å². The second-order valence-corrected chi connectivity index (χ2v) is 9.56. The molecule has 6 nitrogen and oxygen atoms in total. The van der Waals surface area contributed by atoms with Gasteiger partial charge < -0.3 is 10.1 Å². The second-order valence-electron chi connectivity index (χ2n) is 7.70. The third-order valence-corrected chi connectivity index (χ3v) is 6.98. The van der Waals surface area contributed by atoms with E-state index in [1.165, 1.54) is 7.11 Å². The molecule has 1 atom stereocenters. The Morgan fingerprint density at radius 3 is 2.09 bits per heavy atom. The summed E-state index contributed by atoms with van der Waals surface area (Å²) in [5, 5.41) is 2.90. The van der Waals surface area contributed by atoms with Gasteiger partial charge in [0.1, 0.15) is 12.3 Å². The third kappa shape index (κ3) is 5.29. The molecule has 0 radical (unpaired) electrons. The normalized spacial score (nSPS) is 12.1. The summed E-state index contributed by atoms with van der Waals surface area (Å²) in [6, 6.07) is 20.9. The summed E-state index contributed by atoms with van der Waals surface area (Å²) in [5.41, 5.74) is 3.30. The maximum absolute atomic E-state index is 13.5. The first kappa shape index (κ1) is 23.3. The third-order valence-electron chi connectivity index (χ3n) is 5.20. The summed E-state index contributed by atoms with van der Waals surface area (Å²) < 4.78 is 33.5. The molecule has 1 amide bonds. The van der Waals surface area contributed by atoms with E-state index in [0.717, 1.165) is 21.0 Å². The molecule has 0 aliphatic heterocycles. The first-order valence-electron chi connectivity index (χ1n) is 10.3. The fourth-order valence-corrected chi connectivity index (χ4v) is 4.76. The molecule has 168 valence electrons. The monoisotopic (exact) mass is 452 g/mol. The minimum absolute atomic E-state index is 0.105. The number of ether oxygens (including phenoxy) is 1. The van der Waals surface area contributed by atoms with Gasteiger partial charge in [-0.1, -0.05) is 59.7 Å². The number of benzene rings is 3. The highest BCUT2D eigenvalue weighted by molar-refractivity contribution is 7.92. The van der Waals surface area contributed by atoms with E-state index >= 15 is 0 Å². The molecule has 0 aromatic heterocycles. The molecule has 0 heterocycles. The van der Waals surface area contributed by atoms with Crippen LogP contribution in [-0.2, 0) is 14.8 Å². The van der Waals surface area contributed by atoms with Crippen LogP contribution in [0.15, 0.2) is 77.7 Å². The SMILES string of the molecule is COc1ccccc1N(CC(=O)NC(C)c1ccc(C)cc1)S(=O)(=O)c1ccc(C)cc1. The van der Waals surface area contributed by atoms with Crippen molar-refractivity contribution in [3.8, 4) is 5.75 Å². The zero-order valence-electron chi connectivity index (χ0n) is 18.7. The molecule has 0 saturated heterocycles. The molecule has 3 rings (SSSR count). The summed E-state index contributed by atoms with van der Waals surface area (Å²) in [4.78, 5) is 13.1. The van der Waals surface area contributed by atoms with E-state index in [-0.39, 0.29) is 17.5 Å². The van der Waals surface area contributed by atoms with Crippen molar-refractivity contribution in [2.24, 2.45) is 0 Å². The van der Waals surface area contributed by atoms with Crippen LogP contribution in [0, 0.1) is 13.8 Å². The lowest BCUT2D eigenvalue weighted by molar-refractivity contribution is -0.120. The average Bonchev–Trinajstić information content (AvgIpc) is 2.78. The quantitative estimate of drug-likeness (QED) is 0.550. The van der Waals surface area contributed by atoms with Crippen LogP contribution in [0.2, 0.25) is 0 Å². The number of hydrogen-bond acceptors (Lipinski definition) is 4. The van der Waals surface area contributed by atoms with Gasteiger partial charge in [-0.3, -0.25) is 9.10 Å². The Labute approximate surface area is 189 Å². The van der Waals surface area contributed by atoms with Crippen molar-refractivity contribution in [3.63, 3.8) is 0 Å². The van der Waals surface area contributed by atoms with Crippen molar-refractivity contribution >= 4 is 21.6 Å². The number of para-hydroxylation sites is 2. The van der Waals surface area contributed by atoms with Crippen molar-refractivity contribution in [1.29, 1.82) is 0 Å². The number of amides is 1. The molecule has 3 aromatic rings. The number of rotatable bonds is 8. The number of anilines is 1. The zero-order chi connectivity index (χ0) is 23.3. The number of nitrogens with one attached hydrogen (secondary N) is 1. The van der Waals surface area contributed by atoms with Gasteiger partial charge in [-0.15, -0.1) is 0 Å². The van der Waals surface area contributed by atoms with Gasteiger partial charge in [-0.2, -0.15) is 0 Å². The summed E-state index contributed by atoms with van der Waals surface area (Å²) in [5.74, 6) is -0.0535. The molecule has 0 saturated carbocycles. The predicted octanol–water partition coefficient (Wildman–Crippen LogP) is 4.38. The highest BCUT2D eigenvalue weighted by Gasteiger charge is 2.29. The predicted molar refractivity (Wildman–Crippen MR) is 126 cm³/mol. The molecule has 0 fully saturated rings. The average molecular weight is 453 g/mol. The first-order valence-corrected chi connectivity index (χ1v) is 11.7. The number of nitrogens with zero attached hydrogens (tertiary/aromatic N) is 1. The summed E-state index contributed by atoms with van der Waals surface area (Å²) >= 11 is 0. The zero-order valence-corrected chi connectivity index (χ0v) is 19.5. The molecule has 0 bridgehead atoms. The fourth-order valence-electron chi connectivity index (χ4n) is 3.33. The highest BCUT2D eigenvalue weighted by Crippen LogP contribution is 2.32. The van der Waals surface area contributed by atoms with Crippen LogP contribution in [0.25, 0.3) is 0 Å². The van der Waals surface area contributed by atoms with Crippen molar-refractivity contribution in [2.45, 2.75) is 31.7 Å². The van der Waals surface area contributed by atoms with Gasteiger partial charge in [-0.05, 0) is 50.6 Å². The van der Waals surface area contributed by atoms with Gasteiger partial charge >= 0.3 is 0 Å². The van der Waals surface area contributed by atoms with Crippen LogP contribution in [0.4, 0.5) is 5.69 Å². The van der Waals surface area contributed by atoms with Crippen LogP contribution in [0.3, 0.4) is 0 Å². The van der Waals surface area contributed by atoms with Gasteiger partial charge in [0.15, 0.2) is 0 Å². The molecule has 3 aromatic carbocycles. The molecule has 1 N–H and O–H groups in total. The summed E-state index contributed by atoms with van der Waals surface area (Å²) in [6.07, 6.45) is 0. The Hall–Kier alpha value is -3.32. The van der Waals surface area contributed by atoms with E-state index in [4.69, 9.17) is 4.74 Å². The lowest BCUT2D eigenvalue weighted by Crippen LogP contribution is -2.41. The van der Waals surface area contributed by atoms with Gasteiger partial charge in [-0.25, -0.2) is 8.42 Å². The fraction of sp³-hybridized carbons (Fsp3) is 0.240. The maximum atomic E-state index is 13.5. The first-order chi connectivity index (χ1) is 15.2. The van der Waals surface area contributed by atoms with Crippen molar-refractivity contribution in [3.05, 3.63) is 89.5 Å². The van der Waals surface area contributed by atoms with Gasteiger partial charge in [0.2, 0.25) is 5.91 Å². The van der Waals surface area contributed by atoms with Crippen molar-refractivity contribution in [2.75, 3.05) is 18.0 Å². The Bertz CT molecular complexity index is 1170. The molecule has 32 heavy (non-hydrogen) atoms. The van der Waals surface area contributed by atoms with Gasteiger partial charge in [0, 0.05) is 0 Å². The van der Waals surface area contributed by atoms with E-state index in [1.807, 2.05) is 45.0 Å². The lowest BCUT2D eigenvalue weighted by atomic mass is 10.1. The maximum Gasteiger partial charge on any atom is 0.264 e. The smallest absolute Gasteiger partial charge is 0.264 e. The van der Waals surface area contributed by atoms with E-state index in [2.05, 4.69) is 5.32 Å². The van der Waals surface area contributed by atoms with E-state index in [9.17, 15) is 13.2 Å². The Morgan fingerprint density at radius 2 is 1.50 bits per heavy atom. The number of aryl methyl sites for hydroxylation is 2. The minimum Gasteiger partial charge on any atom is -0.495 e. The van der Waals surface area contributed by atoms with E-state index < -0.39 is 15.9 Å². The molecule has 0 aliphatic carbocycles. The van der Waals surface area contributed by atoms with Crippen LogP contribution < -0.4 is 14.4 Å². The van der Waals surface area contributed by atoms with Gasteiger partial charge in [0.05, 0.1) is 23.7 Å². The Morgan fingerprint density at radius 1 is 0.938 bits per heavy atom. The van der Waals surface area contributed by atoms with Crippen LogP contribution in [0.1, 0.15) is 29.7 Å². The van der Waals surface area contributed by atoms with Crippen molar-refractivity contribution in [1.82, 2.24) is 5.32 Å². The molecule has 7 heteroatoms. The Balaban J connectivity index is 1.93. The molecular formula is C25H28N2O4S. The molecule has 0 spiro atoms. The standard InChI is InChI=1S/C25H28N2O4S/c1-18-9-13-21(14-10-18)20(3)26-25(28)17-27(23-7-5-6-8-24(23)31-4)32(29,30)22-15-11-19(2)12-16-22/h5-16,20H,17H2,1-4H3,(H,26,28). The van der Waals surface area contributed by atoms with Gasteiger partial charge in [0.25, 0.3) is 10.0 Å². The number of hydrogen-bond donors (Lipinski definition) is 1. The molecular weight excluding hydrogens is 424 g/mol. The summed E-state index contributed by atoms with van der Waals surface area (Å²) in [6.45, 7) is 5.36. The number of methoxy groups -OCH3 is 1. The van der Waals surface area contributed by atoms with E-state index in [1.54, 1.807) is 48.5 Å². The summed E-state index contributed by atoms with van der Waals surface area (Å²) in [7, 11) is -2.54. The largest absolute Gasteiger partial charge is 0.495 e.